The summed E-state index contributed by atoms with van der Waals surface area (Å²) in [6.07, 6.45) is 2.08. The van der Waals surface area contributed by atoms with Crippen molar-refractivity contribution in [2.45, 2.75) is 11.7 Å². The first-order chi connectivity index (χ1) is 14.8. The topological polar surface area (TPSA) is 56.2 Å². The first-order valence-electron chi connectivity index (χ1n) is 9.70. The van der Waals surface area contributed by atoms with Crippen LogP contribution in [0.1, 0.15) is 10.4 Å². The van der Waals surface area contributed by atoms with Crippen molar-refractivity contribution in [3.05, 3.63) is 90.6 Å². The second kappa shape index (κ2) is 8.08. The standard InChI is InChI=1S/C24H19N3O2S/c28-23(20-8-4-5-9-22(20)29-19-6-2-1-3-7-19)25-18-12-10-17(11-13-18)21-16-27-14-15-30-24(27)26-21/h1-13,16H,14-15H2,(H,25,28). The first kappa shape index (κ1) is 18.5. The lowest BCUT2D eigenvalue weighted by Gasteiger charge is -2.11. The zero-order valence-corrected chi connectivity index (χ0v) is 16.9. The number of aryl methyl sites for hydroxylation is 1. The Kier molecular flexibility index (Phi) is 4.99. The lowest BCUT2D eigenvalue weighted by atomic mass is 10.1. The van der Waals surface area contributed by atoms with Crippen molar-refractivity contribution in [3.8, 4) is 22.8 Å². The smallest absolute Gasteiger partial charge is 0.259 e. The molecule has 1 N–H and O–H groups in total. The summed E-state index contributed by atoms with van der Waals surface area (Å²) in [6, 6.07) is 24.4. The third-order valence-electron chi connectivity index (χ3n) is 4.84. The highest BCUT2D eigenvalue weighted by Gasteiger charge is 2.16. The molecule has 5 nitrogen and oxygen atoms in total. The SMILES string of the molecule is O=C(Nc1ccc(-c2cn3c(n2)SCC3)cc1)c1ccccc1Oc1ccccc1. The van der Waals surface area contributed by atoms with Crippen molar-refractivity contribution in [1.82, 2.24) is 9.55 Å². The number of nitrogens with one attached hydrogen (secondary N) is 1. The number of hydrogen-bond donors (Lipinski definition) is 1. The minimum absolute atomic E-state index is 0.216. The van der Waals surface area contributed by atoms with Gasteiger partial charge in [-0.3, -0.25) is 4.79 Å². The molecule has 0 saturated carbocycles. The number of benzene rings is 3. The van der Waals surface area contributed by atoms with Crippen LogP contribution in [0.4, 0.5) is 5.69 Å². The number of rotatable bonds is 5. The van der Waals surface area contributed by atoms with Crippen LogP contribution in [0, 0.1) is 0 Å². The fourth-order valence-corrected chi connectivity index (χ4v) is 4.27. The molecule has 0 unspecified atom stereocenters. The summed E-state index contributed by atoms with van der Waals surface area (Å²) >= 11 is 1.78. The van der Waals surface area contributed by atoms with E-state index in [0.717, 1.165) is 34.4 Å². The van der Waals surface area contributed by atoms with E-state index < -0.39 is 0 Å². The van der Waals surface area contributed by atoms with Crippen molar-refractivity contribution in [2.75, 3.05) is 11.1 Å². The number of fused-ring (bicyclic) bond motifs is 1. The highest BCUT2D eigenvalue weighted by molar-refractivity contribution is 7.99. The molecular weight excluding hydrogens is 394 g/mol. The van der Waals surface area contributed by atoms with Gasteiger partial charge in [-0.05, 0) is 36.4 Å². The third-order valence-corrected chi connectivity index (χ3v) is 5.82. The van der Waals surface area contributed by atoms with Crippen LogP contribution in [-0.2, 0) is 6.54 Å². The van der Waals surface area contributed by atoms with E-state index in [9.17, 15) is 4.79 Å². The molecule has 1 aliphatic heterocycles. The molecule has 3 aromatic carbocycles. The number of nitrogens with zero attached hydrogens (tertiary/aromatic N) is 2. The van der Waals surface area contributed by atoms with Gasteiger partial charge in [0.25, 0.3) is 5.91 Å². The summed E-state index contributed by atoms with van der Waals surface area (Å²) < 4.78 is 8.08. The molecule has 5 rings (SSSR count). The Morgan fingerprint density at radius 1 is 0.967 bits per heavy atom. The Morgan fingerprint density at radius 3 is 2.53 bits per heavy atom. The van der Waals surface area contributed by atoms with Crippen molar-refractivity contribution in [3.63, 3.8) is 0 Å². The van der Waals surface area contributed by atoms with Crippen LogP contribution in [0.3, 0.4) is 0 Å². The largest absolute Gasteiger partial charge is 0.457 e. The van der Waals surface area contributed by atoms with Crippen molar-refractivity contribution < 1.29 is 9.53 Å². The van der Waals surface area contributed by atoms with Gasteiger partial charge in [0, 0.05) is 29.7 Å². The van der Waals surface area contributed by atoms with E-state index in [4.69, 9.17) is 4.74 Å². The maximum atomic E-state index is 12.9. The number of aromatic nitrogens is 2. The van der Waals surface area contributed by atoms with Gasteiger partial charge < -0.3 is 14.6 Å². The van der Waals surface area contributed by atoms with Gasteiger partial charge in [0.1, 0.15) is 11.5 Å². The van der Waals surface area contributed by atoms with Gasteiger partial charge in [-0.15, -0.1) is 0 Å². The number of anilines is 1. The molecule has 0 atom stereocenters. The van der Waals surface area contributed by atoms with E-state index in [0.29, 0.717) is 17.1 Å². The third kappa shape index (κ3) is 3.82. The molecule has 4 aromatic rings. The predicted octanol–water partition coefficient (Wildman–Crippen LogP) is 5.70. The van der Waals surface area contributed by atoms with E-state index in [-0.39, 0.29) is 5.91 Å². The van der Waals surface area contributed by atoms with Gasteiger partial charge in [-0.2, -0.15) is 0 Å². The van der Waals surface area contributed by atoms with Crippen LogP contribution in [0.15, 0.2) is 90.2 Å². The van der Waals surface area contributed by atoms with E-state index in [2.05, 4.69) is 21.1 Å². The molecular formula is C24H19N3O2S. The molecule has 1 amide bonds. The molecule has 0 spiro atoms. The lowest BCUT2D eigenvalue weighted by molar-refractivity contribution is 0.102. The molecule has 0 bridgehead atoms. The highest BCUT2D eigenvalue weighted by Crippen LogP contribution is 2.30. The number of hydrogen-bond acceptors (Lipinski definition) is 4. The van der Waals surface area contributed by atoms with Gasteiger partial charge in [0.05, 0.1) is 11.3 Å². The van der Waals surface area contributed by atoms with Gasteiger partial charge >= 0.3 is 0 Å². The van der Waals surface area contributed by atoms with Crippen molar-refractivity contribution in [2.24, 2.45) is 0 Å². The summed E-state index contributed by atoms with van der Waals surface area (Å²) in [5.74, 6) is 2.07. The summed E-state index contributed by atoms with van der Waals surface area (Å²) in [4.78, 5) is 17.5. The minimum atomic E-state index is -0.216. The fraction of sp³-hybridized carbons (Fsp3) is 0.0833. The Morgan fingerprint density at radius 2 is 1.73 bits per heavy atom. The number of thioether (sulfide) groups is 1. The van der Waals surface area contributed by atoms with Crippen molar-refractivity contribution >= 4 is 23.4 Å². The molecule has 0 saturated heterocycles. The molecule has 30 heavy (non-hydrogen) atoms. The number of para-hydroxylation sites is 2. The Bertz CT molecular complexity index is 1170. The second-order valence-electron chi connectivity index (χ2n) is 6.89. The summed E-state index contributed by atoms with van der Waals surface area (Å²) in [5.41, 5.74) is 3.19. The van der Waals surface area contributed by atoms with Gasteiger partial charge in [-0.1, -0.05) is 54.2 Å². The van der Waals surface area contributed by atoms with Crippen LogP contribution in [0.5, 0.6) is 11.5 Å². The quantitative estimate of drug-likeness (QED) is 0.456. The van der Waals surface area contributed by atoms with Crippen LogP contribution < -0.4 is 10.1 Å². The van der Waals surface area contributed by atoms with Crippen LogP contribution in [0.2, 0.25) is 0 Å². The van der Waals surface area contributed by atoms with Gasteiger partial charge in [0.2, 0.25) is 0 Å². The molecule has 0 radical (unpaired) electrons. The molecule has 1 aromatic heterocycles. The minimum Gasteiger partial charge on any atom is -0.457 e. The monoisotopic (exact) mass is 413 g/mol. The number of amides is 1. The van der Waals surface area contributed by atoms with E-state index in [1.54, 1.807) is 23.9 Å². The lowest BCUT2D eigenvalue weighted by Crippen LogP contribution is -2.12. The zero-order chi connectivity index (χ0) is 20.3. The number of ether oxygens (including phenoxy) is 1. The average Bonchev–Trinajstić information content (AvgIpc) is 3.38. The Labute approximate surface area is 178 Å². The van der Waals surface area contributed by atoms with Gasteiger partial charge in [0.15, 0.2) is 5.16 Å². The van der Waals surface area contributed by atoms with Crippen LogP contribution in [-0.4, -0.2) is 21.2 Å². The molecule has 148 valence electrons. The fourth-order valence-electron chi connectivity index (χ4n) is 3.33. The van der Waals surface area contributed by atoms with E-state index in [1.807, 2.05) is 66.7 Å². The molecule has 6 heteroatoms. The summed E-state index contributed by atoms with van der Waals surface area (Å²) in [6.45, 7) is 1.01. The molecule has 0 fully saturated rings. The average molecular weight is 414 g/mol. The normalized spacial score (nSPS) is 12.4. The van der Waals surface area contributed by atoms with Crippen LogP contribution >= 0.6 is 11.8 Å². The second-order valence-corrected chi connectivity index (χ2v) is 7.96. The van der Waals surface area contributed by atoms with E-state index in [1.165, 1.54) is 0 Å². The van der Waals surface area contributed by atoms with Gasteiger partial charge in [-0.25, -0.2) is 4.98 Å². The first-order valence-corrected chi connectivity index (χ1v) is 10.7. The zero-order valence-electron chi connectivity index (χ0n) is 16.1. The maximum Gasteiger partial charge on any atom is 0.259 e. The number of carbonyl (C=O) groups is 1. The molecule has 2 heterocycles. The Hall–Kier alpha value is -3.51. The molecule has 1 aliphatic rings. The maximum absolute atomic E-state index is 12.9. The number of imidazole rings is 1. The summed E-state index contributed by atoms with van der Waals surface area (Å²) in [7, 11) is 0. The molecule has 0 aliphatic carbocycles. The Balaban J connectivity index is 1.32. The van der Waals surface area contributed by atoms with Crippen molar-refractivity contribution in [1.29, 1.82) is 0 Å². The van der Waals surface area contributed by atoms with Crippen LogP contribution in [0.25, 0.3) is 11.3 Å². The predicted molar refractivity (Wildman–Crippen MR) is 119 cm³/mol. The highest BCUT2D eigenvalue weighted by atomic mass is 32.2. The van der Waals surface area contributed by atoms with E-state index >= 15 is 0 Å². The summed E-state index contributed by atoms with van der Waals surface area (Å²) in [5, 5.41) is 4.02. The number of carbonyl (C=O) groups excluding carboxylic acids is 1.